The molecule has 1 amide bonds. The van der Waals surface area contributed by atoms with E-state index in [1.807, 2.05) is 25.1 Å². The van der Waals surface area contributed by atoms with Crippen LogP contribution in [0.1, 0.15) is 48.2 Å². The molecule has 0 unspecified atom stereocenters. The molecule has 0 bridgehead atoms. The summed E-state index contributed by atoms with van der Waals surface area (Å²) in [7, 11) is 1.64. The summed E-state index contributed by atoms with van der Waals surface area (Å²) in [5.74, 6) is 0.673. The van der Waals surface area contributed by atoms with Gasteiger partial charge in [0.2, 0.25) is 0 Å². The first-order chi connectivity index (χ1) is 11.7. The summed E-state index contributed by atoms with van der Waals surface area (Å²) in [6.45, 7) is 2.02. The van der Waals surface area contributed by atoms with Gasteiger partial charge in [-0.2, -0.15) is 0 Å². The van der Waals surface area contributed by atoms with E-state index in [0.717, 1.165) is 29.8 Å². The Morgan fingerprint density at radius 1 is 1.29 bits per heavy atom. The number of ether oxygens (including phenoxy) is 1. The van der Waals surface area contributed by atoms with Crippen LogP contribution < -0.4 is 15.4 Å². The third-order valence-electron chi connectivity index (χ3n) is 4.27. The average molecular weight is 345 g/mol. The van der Waals surface area contributed by atoms with Gasteiger partial charge in [0.1, 0.15) is 11.4 Å². The zero-order valence-corrected chi connectivity index (χ0v) is 14.9. The van der Waals surface area contributed by atoms with Crippen LogP contribution in [-0.4, -0.2) is 24.0 Å². The number of amides is 1. The molecule has 3 rings (SSSR count). The van der Waals surface area contributed by atoms with Crippen molar-refractivity contribution in [1.29, 1.82) is 0 Å². The Hall–Kier alpha value is -2.08. The van der Waals surface area contributed by atoms with E-state index in [1.54, 1.807) is 12.5 Å². The topological polar surface area (TPSA) is 63.2 Å². The minimum Gasteiger partial charge on any atom is -0.495 e. The van der Waals surface area contributed by atoms with Gasteiger partial charge in [-0.25, -0.2) is 4.98 Å². The van der Waals surface area contributed by atoms with E-state index >= 15 is 0 Å². The maximum atomic E-state index is 12.3. The summed E-state index contributed by atoms with van der Waals surface area (Å²) in [5.41, 5.74) is 2.45. The summed E-state index contributed by atoms with van der Waals surface area (Å²) in [5, 5.41) is 8.82. The number of benzene rings is 1. The van der Waals surface area contributed by atoms with Crippen molar-refractivity contribution >= 4 is 28.1 Å². The fraction of sp³-hybridized carbons (Fsp3) is 0.444. The molecule has 1 aromatic carbocycles. The van der Waals surface area contributed by atoms with Gasteiger partial charge >= 0.3 is 0 Å². The molecule has 6 heteroatoms. The highest BCUT2D eigenvalue weighted by Crippen LogP contribution is 2.30. The van der Waals surface area contributed by atoms with Crippen LogP contribution in [0.3, 0.4) is 0 Å². The Morgan fingerprint density at radius 2 is 2.08 bits per heavy atom. The molecule has 128 valence electrons. The van der Waals surface area contributed by atoms with E-state index in [4.69, 9.17) is 4.74 Å². The van der Waals surface area contributed by atoms with Gasteiger partial charge in [0.25, 0.3) is 5.91 Å². The van der Waals surface area contributed by atoms with Crippen LogP contribution in [0.25, 0.3) is 0 Å². The van der Waals surface area contributed by atoms with Crippen molar-refractivity contribution in [2.45, 2.75) is 45.1 Å². The first-order valence-electron chi connectivity index (χ1n) is 8.34. The molecule has 24 heavy (non-hydrogen) atoms. The number of nitrogens with zero attached hydrogens (tertiary/aromatic N) is 1. The largest absolute Gasteiger partial charge is 0.495 e. The summed E-state index contributed by atoms with van der Waals surface area (Å²) < 4.78 is 5.36. The van der Waals surface area contributed by atoms with Crippen molar-refractivity contribution in [3.63, 3.8) is 0 Å². The third kappa shape index (κ3) is 4.06. The maximum absolute atomic E-state index is 12.3. The van der Waals surface area contributed by atoms with Gasteiger partial charge in [-0.1, -0.05) is 25.3 Å². The zero-order valence-electron chi connectivity index (χ0n) is 14.1. The van der Waals surface area contributed by atoms with Gasteiger partial charge in [-0.15, -0.1) is 11.3 Å². The second-order valence-electron chi connectivity index (χ2n) is 6.18. The lowest BCUT2D eigenvalue weighted by molar-refractivity contribution is 0.0923. The molecular weight excluding hydrogens is 322 g/mol. The van der Waals surface area contributed by atoms with E-state index in [1.165, 1.54) is 30.6 Å². The Kier molecular flexibility index (Phi) is 5.35. The highest BCUT2D eigenvalue weighted by Gasteiger charge is 2.18. The first-order valence-corrected chi connectivity index (χ1v) is 9.22. The quantitative estimate of drug-likeness (QED) is 0.849. The monoisotopic (exact) mass is 345 g/mol. The summed E-state index contributed by atoms with van der Waals surface area (Å²) in [6.07, 6.45) is 5.81. The molecule has 0 saturated heterocycles. The molecule has 1 aliphatic carbocycles. The van der Waals surface area contributed by atoms with Crippen molar-refractivity contribution in [3.05, 3.63) is 34.8 Å². The van der Waals surface area contributed by atoms with E-state index in [-0.39, 0.29) is 5.91 Å². The standard InChI is InChI=1S/C18H23N3O2S/c1-12-8-9-16(23-2)14(10-12)20-18-21-15(11-24-18)17(22)19-13-6-4-3-5-7-13/h8-11,13H,3-7H2,1-2H3,(H,19,22)(H,20,21). The highest BCUT2D eigenvalue weighted by atomic mass is 32.1. The summed E-state index contributed by atoms with van der Waals surface area (Å²) in [4.78, 5) is 16.8. The predicted octanol–water partition coefficient (Wildman–Crippen LogP) is 4.27. The number of nitrogens with one attached hydrogen (secondary N) is 2. The number of anilines is 2. The van der Waals surface area contributed by atoms with Crippen molar-refractivity contribution in [3.8, 4) is 5.75 Å². The fourth-order valence-electron chi connectivity index (χ4n) is 2.98. The Balaban J connectivity index is 1.67. The molecule has 1 saturated carbocycles. The van der Waals surface area contributed by atoms with Crippen LogP contribution >= 0.6 is 11.3 Å². The number of hydrogen-bond donors (Lipinski definition) is 2. The number of thiazole rings is 1. The summed E-state index contributed by atoms with van der Waals surface area (Å²) in [6, 6.07) is 6.21. The number of rotatable bonds is 5. The molecular formula is C18H23N3O2S. The van der Waals surface area contributed by atoms with Gasteiger partial charge in [0, 0.05) is 11.4 Å². The molecule has 1 heterocycles. The molecule has 1 aromatic heterocycles. The number of aryl methyl sites for hydroxylation is 1. The third-order valence-corrected chi connectivity index (χ3v) is 5.03. The van der Waals surface area contributed by atoms with Crippen molar-refractivity contribution in [1.82, 2.24) is 10.3 Å². The normalized spacial score (nSPS) is 15.1. The molecule has 0 aliphatic heterocycles. The van der Waals surface area contributed by atoms with E-state index in [2.05, 4.69) is 15.6 Å². The van der Waals surface area contributed by atoms with Crippen molar-refractivity contribution in [2.75, 3.05) is 12.4 Å². The minimum atomic E-state index is -0.0811. The van der Waals surface area contributed by atoms with E-state index < -0.39 is 0 Å². The van der Waals surface area contributed by atoms with Crippen molar-refractivity contribution < 1.29 is 9.53 Å². The molecule has 1 fully saturated rings. The Morgan fingerprint density at radius 3 is 2.83 bits per heavy atom. The van der Waals surface area contributed by atoms with Crippen LogP contribution in [0.15, 0.2) is 23.6 Å². The van der Waals surface area contributed by atoms with Gasteiger partial charge in [0.05, 0.1) is 12.8 Å². The SMILES string of the molecule is COc1ccc(C)cc1Nc1nc(C(=O)NC2CCCCC2)cs1. The predicted molar refractivity (Wildman–Crippen MR) is 97.5 cm³/mol. The number of hydrogen-bond acceptors (Lipinski definition) is 5. The first kappa shape index (κ1) is 16.8. The molecule has 0 spiro atoms. The molecule has 5 nitrogen and oxygen atoms in total. The minimum absolute atomic E-state index is 0.0811. The highest BCUT2D eigenvalue weighted by molar-refractivity contribution is 7.14. The van der Waals surface area contributed by atoms with Gasteiger partial charge in [-0.3, -0.25) is 4.79 Å². The Labute approximate surface area is 146 Å². The van der Waals surface area contributed by atoms with E-state index in [0.29, 0.717) is 16.9 Å². The molecule has 0 radical (unpaired) electrons. The van der Waals surface area contributed by atoms with Crippen LogP contribution in [-0.2, 0) is 0 Å². The smallest absolute Gasteiger partial charge is 0.271 e. The fourth-order valence-corrected chi connectivity index (χ4v) is 3.68. The van der Waals surface area contributed by atoms with Gasteiger partial charge in [-0.05, 0) is 37.5 Å². The molecule has 2 N–H and O–H groups in total. The number of carbonyl (C=O) groups excluding carboxylic acids is 1. The lowest BCUT2D eigenvalue weighted by atomic mass is 9.95. The van der Waals surface area contributed by atoms with Gasteiger partial charge < -0.3 is 15.4 Å². The number of carbonyl (C=O) groups is 1. The average Bonchev–Trinajstić information content (AvgIpc) is 3.05. The van der Waals surface area contributed by atoms with E-state index in [9.17, 15) is 4.79 Å². The molecule has 0 atom stereocenters. The van der Waals surface area contributed by atoms with Crippen LogP contribution in [0, 0.1) is 6.92 Å². The second kappa shape index (κ2) is 7.66. The van der Waals surface area contributed by atoms with Crippen LogP contribution in [0.4, 0.5) is 10.8 Å². The zero-order chi connectivity index (χ0) is 16.9. The number of aromatic nitrogens is 1. The molecule has 2 aromatic rings. The van der Waals surface area contributed by atoms with Gasteiger partial charge in [0.15, 0.2) is 5.13 Å². The van der Waals surface area contributed by atoms with Crippen molar-refractivity contribution in [2.24, 2.45) is 0 Å². The number of methoxy groups -OCH3 is 1. The molecule has 1 aliphatic rings. The lowest BCUT2D eigenvalue weighted by Gasteiger charge is -2.22. The second-order valence-corrected chi connectivity index (χ2v) is 7.03. The van der Waals surface area contributed by atoms with Crippen LogP contribution in [0.5, 0.6) is 5.75 Å². The maximum Gasteiger partial charge on any atom is 0.271 e. The summed E-state index contributed by atoms with van der Waals surface area (Å²) >= 11 is 1.42. The Bertz CT molecular complexity index is 708. The lowest BCUT2D eigenvalue weighted by Crippen LogP contribution is -2.36. The van der Waals surface area contributed by atoms with Crippen LogP contribution in [0.2, 0.25) is 0 Å².